The molecule has 0 atom stereocenters. The first kappa shape index (κ1) is 29.5. The lowest BCUT2D eigenvalue weighted by Crippen LogP contribution is -2.39. The molecule has 5 rings (SSSR count). The highest BCUT2D eigenvalue weighted by atomic mass is 35.5. The average Bonchev–Trinajstić information content (AvgIpc) is 3.29. The summed E-state index contributed by atoms with van der Waals surface area (Å²) in [6.07, 6.45) is -0.789. The van der Waals surface area contributed by atoms with Crippen molar-refractivity contribution in [1.29, 1.82) is 0 Å². The number of amides is 2. The lowest BCUT2D eigenvalue weighted by molar-refractivity contribution is -0.189. The van der Waals surface area contributed by atoms with E-state index in [0.29, 0.717) is 31.2 Å². The van der Waals surface area contributed by atoms with Crippen molar-refractivity contribution in [2.24, 2.45) is 4.99 Å². The highest BCUT2D eigenvalue weighted by Gasteiger charge is 2.43. The summed E-state index contributed by atoms with van der Waals surface area (Å²) >= 11 is 7.15. The number of benzene rings is 2. The summed E-state index contributed by atoms with van der Waals surface area (Å²) in [6.45, 7) is 0. The summed E-state index contributed by atoms with van der Waals surface area (Å²) in [5.41, 5.74) is 0.617. The number of carbonyl (C=O) groups excluding carboxylic acids is 3. The third-order valence-corrected chi connectivity index (χ3v) is 7.79. The van der Waals surface area contributed by atoms with Crippen LogP contribution in [0.2, 0.25) is 5.02 Å². The fourth-order valence-electron chi connectivity index (χ4n) is 4.48. The maximum absolute atomic E-state index is 13.2. The van der Waals surface area contributed by atoms with E-state index in [9.17, 15) is 32.7 Å². The van der Waals surface area contributed by atoms with Gasteiger partial charge in [-0.2, -0.15) is 13.2 Å². The van der Waals surface area contributed by atoms with Gasteiger partial charge in [0, 0.05) is 17.6 Å². The van der Waals surface area contributed by atoms with Gasteiger partial charge in [0.1, 0.15) is 5.69 Å². The second kappa shape index (κ2) is 12.1. The smallest absolute Gasteiger partial charge is 0.417 e. The number of nitrogens with one attached hydrogen (secondary N) is 2. The molecule has 14 heteroatoms. The van der Waals surface area contributed by atoms with Gasteiger partial charge in [-0.3, -0.25) is 14.6 Å². The molecule has 218 valence electrons. The predicted octanol–water partition coefficient (Wildman–Crippen LogP) is 5.28. The van der Waals surface area contributed by atoms with Crippen LogP contribution in [0.4, 0.5) is 18.9 Å². The molecule has 0 radical (unpaired) electrons. The number of halogens is 4. The molecule has 1 saturated carbocycles. The largest absolute Gasteiger partial charge is 0.491 e. The van der Waals surface area contributed by atoms with Crippen molar-refractivity contribution < 1.29 is 37.4 Å². The number of aliphatic imine (C=N–C) groups is 1. The van der Waals surface area contributed by atoms with E-state index in [2.05, 4.69) is 25.3 Å². The van der Waals surface area contributed by atoms with Crippen LogP contribution < -0.4 is 15.4 Å². The minimum Gasteiger partial charge on any atom is -0.417 e. The molecule has 3 aromatic rings. The molecule has 0 bridgehead atoms. The van der Waals surface area contributed by atoms with Gasteiger partial charge in [-0.25, -0.2) is 9.79 Å². The summed E-state index contributed by atoms with van der Waals surface area (Å²) in [4.78, 5) is 46.3. The first-order valence-electron chi connectivity index (χ1n) is 12.7. The first-order valence-corrected chi connectivity index (χ1v) is 13.9. The van der Waals surface area contributed by atoms with Crippen LogP contribution in [0.15, 0.2) is 58.6 Å². The van der Waals surface area contributed by atoms with Crippen molar-refractivity contribution in [2.75, 3.05) is 0 Å². The Hall–Kier alpha value is -3.94. The van der Waals surface area contributed by atoms with E-state index in [-0.39, 0.29) is 21.1 Å². The molecule has 3 N–H and O–H groups in total. The van der Waals surface area contributed by atoms with E-state index >= 15 is 0 Å². The van der Waals surface area contributed by atoms with E-state index in [4.69, 9.17) is 11.6 Å². The number of ether oxygens (including phenoxy) is 1. The minimum absolute atomic E-state index is 0.0567. The van der Waals surface area contributed by atoms with Crippen molar-refractivity contribution in [1.82, 2.24) is 15.6 Å². The molecule has 2 fully saturated rings. The summed E-state index contributed by atoms with van der Waals surface area (Å²) in [6, 6.07) is 11.0. The van der Waals surface area contributed by atoms with Gasteiger partial charge < -0.3 is 20.5 Å². The molecule has 1 aliphatic heterocycles. The molecule has 0 spiro atoms. The monoisotopic (exact) mass is 618 g/mol. The lowest BCUT2D eigenvalue weighted by Gasteiger charge is -2.26. The molecule has 2 aromatic carbocycles. The first-order chi connectivity index (χ1) is 20.0. The number of thioether (sulfide) groups is 1. The number of aromatic nitrogens is 1. The Morgan fingerprint density at radius 2 is 1.93 bits per heavy atom. The highest BCUT2D eigenvalue weighted by molar-refractivity contribution is 8.18. The van der Waals surface area contributed by atoms with Crippen molar-refractivity contribution in [3.05, 3.63) is 69.7 Å². The van der Waals surface area contributed by atoms with Crippen LogP contribution in [-0.4, -0.2) is 51.4 Å². The van der Waals surface area contributed by atoms with Crippen molar-refractivity contribution in [3.63, 3.8) is 0 Å². The predicted molar refractivity (Wildman–Crippen MR) is 151 cm³/mol. The molecular formula is C28H22ClF3N4O5S. The van der Waals surface area contributed by atoms with Gasteiger partial charge in [-0.15, -0.1) is 0 Å². The number of aliphatic hydroxyl groups is 1. The Balaban J connectivity index is 1.47. The molecule has 0 unspecified atom stereocenters. The summed E-state index contributed by atoms with van der Waals surface area (Å²) < 4.78 is 44.2. The lowest BCUT2D eigenvalue weighted by atomic mass is 9.93. The van der Waals surface area contributed by atoms with Crippen LogP contribution in [0.5, 0.6) is 5.75 Å². The van der Waals surface area contributed by atoms with E-state index < -0.39 is 47.1 Å². The van der Waals surface area contributed by atoms with Crippen LogP contribution in [0, 0.1) is 0 Å². The quantitative estimate of drug-likeness (QED) is 0.201. The molecular weight excluding hydrogens is 597 g/mol. The molecule has 2 amide bonds. The van der Waals surface area contributed by atoms with Gasteiger partial charge in [0.05, 0.1) is 27.1 Å². The Labute approximate surface area is 246 Å². The van der Waals surface area contributed by atoms with Gasteiger partial charge in [-0.05, 0) is 79.4 Å². The van der Waals surface area contributed by atoms with E-state index in [1.807, 2.05) is 12.1 Å². The van der Waals surface area contributed by atoms with Crippen molar-refractivity contribution >= 4 is 69.0 Å². The van der Waals surface area contributed by atoms with Crippen LogP contribution in [-0.2, 0) is 9.59 Å². The zero-order chi connectivity index (χ0) is 30.0. The number of nitrogens with zero attached hydrogens (tertiary/aromatic N) is 2. The minimum atomic E-state index is -5.37. The molecule has 1 aromatic heterocycles. The van der Waals surface area contributed by atoms with Gasteiger partial charge in [0.2, 0.25) is 0 Å². The van der Waals surface area contributed by atoms with Gasteiger partial charge in [-0.1, -0.05) is 23.7 Å². The molecule has 9 nitrogen and oxygen atoms in total. The summed E-state index contributed by atoms with van der Waals surface area (Å²) in [5.74, 6) is -4.71. The SMILES string of the molecule is O=C1NC(=Nc2c(Cl)ccc(C(=O)NC3CCC(O)CC3)c2OC(=O)C(F)(F)F)S/C1=C\c1ccc2ncccc2c1. The molecule has 2 aliphatic rings. The van der Waals surface area contributed by atoms with Crippen LogP contribution >= 0.6 is 23.4 Å². The highest BCUT2D eigenvalue weighted by Crippen LogP contribution is 2.41. The van der Waals surface area contributed by atoms with Crippen molar-refractivity contribution in [2.45, 2.75) is 44.0 Å². The fraction of sp³-hybridized carbons (Fsp3) is 0.250. The standard InChI is InChI=1S/C28H22ClF3N4O5S/c29-19-9-8-18(24(38)34-16-4-6-17(37)7-5-16)23(41-26(40)28(30,31)32)22(19)35-27-36-25(39)21(42-27)13-14-3-10-20-15(12-14)2-1-11-33-20/h1-3,8-13,16-17,37H,4-7H2,(H,34,38)(H,35,36,39)/b21-13-. The number of pyridine rings is 1. The van der Waals surface area contributed by atoms with E-state index in [1.165, 1.54) is 6.07 Å². The summed E-state index contributed by atoms with van der Waals surface area (Å²) in [7, 11) is 0. The number of rotatable bonds is 5. The second-order valence-corrected chi connectivity index (χ2v) is 11.0. The third-order valence-electron chi connectivity index (χ3n) is 6.57. The number of aliphatic hydroxyl groups excluding tert-OH is 1. The number of hydrogen-bond donors (Lipinski definition) is 3. The van der Waals surface area contributed by atoms with Crippen LogP contribution in [0.25, 0.3) is 17.0 Å². The Bertz CT molecular complexity index is 1640. The van der Waals surface area contributed by atoms with Crippen LogP contribution in [0.3, 0.4) is 0 Å². The Morgan fingerprint density at radius 1 is 1.17 bits per heavy atom. The normalized spacial score (nSPS) is 21.0. The fourth-order valence-corrected chi connectivity index (χ4v) is 5.50. The molecule has 1 saturated heterocycles. The van der Waals surface area contributed by atoms with Crippen molar-refractivity contribution in [3.8, 4) is 5.75 Å². The van der Waals surface area contributed by atoms with E-state index in [0.717, 1.165) is 28.7 Å². The zero-order valence-corrected chi connectivity index (χ0v) is 23.1. The van der Waals surface area contributed by atoms with Crippen LogP contribution in [0.1, 0.15) is 41.6 Å². The number of amidine groups is 1. The van der Waals surface area contributed by atoms with Gasteiger partial charge in [0.15, 0.2) is 10.9 Å². The molecule has 1 aliphatic carbocycles. The van der Waals surface area contributed by atoms with Gasteiger partial charge >= 0.3 is 12.1 Å². The number of alkyl halides is 3. The summed E-state index contributed by atoms with van der Waals surface area (Å²) in [5, 5.41) is 15.5. The Morgan fingerprint density at radius 3 is 2.67 bits per heavy atom. The average molecular weight is 619 g/mol. The maximum Gasteiger partial charge on any atom is 0.491 e. The third kappa shape index (κ3) is 6.75. The molecule has 2 heterocycles. The zero-order valence-electron chi connectivity index (χ0n) is 21.6. The number of esters is 1. The van der Waals surface area contributed by atoms with Gasteiger partial charge in [0.25, 0.3) is 11.8 Å². The Kier molecular flexibility index (Phi) is 8.53. The van der Waals surface area contributed by atoms with E-state index in [1.54, 1.807) is 30.5 Å². The number of fused-ring (bicyclic) bond motifs is 1. The maximum atomic E-state index is 13.2. The second-order valence-electron chi connectivity index (χ2n) is 9.58. The molecule has 42 heavy (non-hydrogen) atoms. The number of hydrogen-bond acceptors (Lipinski definition) is 8. The number of carbonyl (C=O) groups is 3. The topological polar surface area (TPSA) is 130 Å².